The Balaban J connectivity index is 2.62. The summed E-state index contributed by atoms with van der Waals surface area (Å²) in [5.41, 5.74) is -1.72. The SMILES string of the molecule is O=Cc1ccc(F)c(-c2ccc(F)c(C(F)(F)F)c2)c1. The first-order chi connectivity index (χ1) is 9.32. The second kappa shape index (κ2) is 5.03. The van der Waals surface area contributed by atoms with Gasteiger partial charge in [0.2, 0.25) is 0 Å². The van der Waals surface area contributed by atoms with Crippen LogP contribution in [-0.2, 0) is 6.18 Å². The van der Waals surface area contributed by atoms with Gasteiger partial charge in [-0.25, -0.2) is 8.78 Å². The average Bonchev–Trinajstić information content (AvgIpc) is 2.39. The third-order valence-corrected chi connectivity index (χ3v) is 2.71. The summed E-state index contributed by atoms with van der Waals surface area (Å²) in [7, 11) is 0. The van der Waals surface area contributed by atoms with Gasteiger partial charge in [0.05, 0.1) is 5.56 Å². The fourth-order valence-electron chi connectivity index (χ4n) is 1.75. The highest BCUT2D eigenvalue weighted by Crippen LogP contribution is 2.35. The highest BCUT2D eigenvalue weighted by Gasteiger charge is 2.34. The van der Waals surface area contributed by atoms with Crippen molar-refractivity contribution in [3.63, 3.8) is 0 Å². The standard InChI is InChI=1S/C14H7F5O/c15-12-3-1-8(7-20)5-10(12)9-2-4-13(16)11(6-9)14(17,18)19/h1-7H. The fourth-order valence-corrected chi connectivity index (χ4v) is 1.75. The molecule has 0 N–H and O–H groups in total. The topological polar surface area (TPSA) is 17.1 Å². The molecule has 0 aliphatic heterocycles. The molecule has 1 nitrogen and oxygen atoms in total. The van der Waals surface area contributed by atoms with E-state index in [1.54, 1.807) is 0 Å². The average molecular weight is 286 g/mol. The largest absolute Gasteiger partial charge is 0.419 e. The van der Waals surface area contributed by atoms with Crippen LogP contribution in [0.2, 0.25) is 0 Å². The van der Waals surface area contributed by atoms with Crippen LogP contribution in [0, 0.1) is 11.6 Å². The second-order valence-electron chi connectivity index (χ2n) is 4.05. The van der Waals surface area contributed by atoms with Gasteiger partial charge in [-0.05, 0) is 35.9 Å². The van der Waals surface area contributed by atoms with Gasteiger partial charge in [-0.2, -0.15) is 13.2 Å². The van der Waals surface area contributed by atoms with E-state index in [1.165, 1.54) is 6.07 Å². The molecule has 0 aliphatic carbocycles. The molecule has 0 saturated carbocycles. The van der Waals surface area contributed by atoms with Gasteiger partial charge in [-0.15, -0.1) is 0 Å². The second-order valence-corrected chi connectivity index (χ2v) is 4.05. The van der Waals surface area contributed by atoms with E-state index in [9.17, 15) is 26.7 Å². The van der Waals surface area contributed by atoms with E-state index in [0.29, 0.717) is 18.4 Å². The van der Waals surface area contributed by atoms with Crippen LogP contribution in [0.1, 0.15) is 15.9 Å². The zero-order valence-corrected chi connectivity index (χ0v) is 9.84. The van der Waals surface area contributed by atoms with Crippen molar-refractivity contribution in [2.45, 2.75) is 6.18 Å². The molecule has 0 atom stereocenters. The molecule has 20 heavy (non-hydrogen) atoms. The van der Waals surface area contributed by atoms with E-state index in [2.05, 4.69) is 0 Å². The summed E-state index contributed by atoms with van der Waals surface area (Å²) in [4.78, 5) is 10.6. The van der Waals surface area contributed by atoms with E-state index in [1.807, 2.05) is 0 Å². The Bertz CT molecular complexity index is 661. The van der Waals surface area contributed by atoms with Crippen LogP contribution in [0.25, 0.3) is 11.1 Å². The molecule has 0 unspecified atom stereocenters. The first kappa shape index (κ1) is 14.2. The fraction of sp³-hybridized carbons (Fsp3) is 0.0714. The number of carbonyl (C=O) groups excluding carboxylic acids is 1. The van der Waals surface area contributed by atoms with Crippen LogP contribution in [0.3, 0.4) is 0 Å². The van der Waals surface area contributed by atoms with Crippen molar-refractivity contribution >= 4 is 6.29 Å². The molecule has 2 aromatic carbocycles. The number of alkyl halides is 3. The summed E-state index contributed by atoms with van der Waals surface area (Å²) in [5.74, 6) is -2.23. The Morgan fingerprint density at radius 1 is 0.900 bits per heavy atom. The number of hydrogen-bond donors (Lipinski definition) is 0. The van der Waals surface area contributed by atoms with Crippen LogP contribution >= 0.6 is 0 Å². The Morgan fingerprint density at radius 3 is 2.15 bits per heavy atom. The van der Waals surface area contributed by atoms with Gasteiger partial charge in [0.1, 0.15) is 17.9 Å². The van der Waals surface area contributed by atoms with Crippen molar-refractivity contribution in [3.05, 3.63) is 59.2 Å². The number of carbonyl (C=O) groups is 1. The lowest BCUT2D eigenvalue weighted by atomic mass is 10.00. The van der Waals surface area contributed by atoms with Crippen LogP contribution < -0.4 is 0 Å². The Kier molecular flexibility index (Phi) is 3.57. The first-order valence-electron chi connectivity index (χ1n) is 5.45. The molecule has 104 valence electrons. The van der Waals surface area contributed by atoms with Crippen molar-refractivity contribution in [2.75, 3.05) is 0 Å². The van der Waals surface area contributed by atoms with Crippen molar-refractivity contribution in [3.8, 4) is 11.1 Å². The zero-order valence-electron chi connectivity index (χ0n) is 9.84. The molecule has 0 bridgehead atoms. The minimum Gasteiger partial charge on any atom is -0.298 e. The lowest BCUT2D eigenvalue weighted by molar-refractivity contribution is -0.139. The maximum Gasteiger partial charge on any atom is 0.419 e. The predicted octanol–water partition coefficient (Wildman–Crippen LogP) is 4.46. The van der Waals surface area contributed by atoms with Gasteiger partial charge in [0, 0.05) is 11.1 Å². The quantitative estimate of drug-likeness (QED) is 0.588. The van der Waals surface area contributed by atoms with Gasteiger partial charge in [0.15, 0.2) is 0 Å². The molecule has 0 fully saturated rings. The smallest absolute Gasteiger partial charge is 0.298 e. The number of aldehydes is 1. The molecular formula is C14H7F5O. The van der Waals surface area contributed by atoms with Crippen LogP contribution in [0.15, 0.2) is 36.4 Å². The Morgan fingerprint density at radius 2 is 1.55 bits per heavy atom. The monoisotopic (exact) mass is 286 g/mol. The van der Waals surface area contributed by atoms with Crippen LogP contribution in [0.4, 0.5) is 22.0 Å². The highest BCUT2D eigenvalue weighted by molar-refractivity contribution is 5.79. The van der Waals surface area contributed by atoms with Crippen molar-refractivity contribution in [1.82, 2.24) is 0 Å². The van der Waals surface area contributed by atoms with E-state index in [-0.39, 0.29) is 16.7 Å². The normalized spacial score (nSPS) is 11.4. The Labute approximate surface area is 110 Å². The molecule has 0 heterocycles. The Hall–Kier alpha value is -2.24. The van der Waals surface area contributed by atoms with Gasteiger partial charge in [-0.3, -0.25) is 4.79 Å². The van der Waals surface area contributed by atoms with Crippen LogP contribution in [0.5, 0.6) is 0 Å². The summed E-state index contributed by atoms with van der Waals surface area (Å²) in [6, 6.07) is 5.43. The maximum atomic E-state index is 13.6. The molecule has 0 saturated heterocycles. The van der Waals surface area contributed by atoms with Crippen molar-refractivity contribution in [2.24, 2.45) is 0 Å². The molecular weight excluding hydrogens is 279 g/mol. The molecule has 0 spiro atoms. The number of rotatable bonds is 2. The molecule has 6 heteroatoms. The summed E-state index contributed by atoms with van der Waals surface area (Å²) in [6.07, 6.45) is -4.43. The van der Waals surface area contributed by atoms with E-state index in [4.69, 9.17) is 0 Å². The molecule has 0 amide bonds. The summed E-state index contributed by atoms with van der Waals surface area (Å²) in [6.45, 7) is 0. The van der Waals surface area contributed by atoms with Crippen molar-refractivity contribution in [1.29, 1.82) is 0 Å². The van der Waals surface area contributed by atoms with Gasteiger partial charge in [0.25, 0.3) is 0 Å². The van der Waals surface area contributed by atoms with Crippen LogP contribution in [-0.4, -0.2) is 6.29 Å². The zero-order chi connectivity index (χ0) is 14.9. The number of halogens is 5. The minimum absolute atomic E-state index is 0.110. The third-order valence-electron chi connectivity index (χ3n) is 2.71. The minimum atomic E-state index is -4.88. The lowest BCUT2D eigenvalue weighted by Crippen LogP contribution is -2.08. The summed E-state index contributed by atoms with van der Waals surface area (Å²) in [5, 5.41) is 0. The summed E-state index contributed by atoms with van der Waals surface area (Å²) < 4.78 is 64.6. The predicted molar refractivity (Wildman–Crippen MR) is 62.2 cm³/mol. The van der Waals surface area contributed by atoms with Crippen molar-refractivity contribution < 1.29 is 26.7 Å². The summed E-state index contributed by atoms with van der Waals surface area (Å²) >= 11 is 0. The molecule has 0 radical (unpaired) electrons. The van der Waals surface area contributed by atoms with Gasteiger partial charge in [-0.1, -0.05) is 6.07 Å². The molecule has 0 aliphatic rings. The number of hydrogen-bond acceptors (Lipinski definition) is 1. The first-order valence-corrected chi connectivity index (χ1v) is 5.45. The van der Waals surface area contributed by atoms with Gasteiger partial charge >= 0.3 is 6.18 Å². The van der Waals surface area contributed by atoms with Gasteiger partial charge < -0.3 is 0 Å². The molecule has 2 aromatic rings. The maximum absolute atomic E-state index is 13.6. The molecule has 0 aromatic heterocycles. The lowest BCUT2D eigenvalue weighted by Gasteiger charge is -2.11. The third kappa shape index (κ3) is 2.68. The molecule has 2 rings (SSSR count). The van der Waals surface area contributed by atoms with E-state index in [0.717, 1.165) is 18.2 Å². The van der Waals surface area contributed by atoms with E-state index < -0.39 is 23.4 Å². The van der Waals surface area contributed by atoms with E-state index >= 15 is 0 Å². The number of benzene rings is 2. The highest BCUT2D eigenvalue weighted by atomic mass is 19.4.